The molecule has 1 saturated carbocycles. The smallest absolute Gasteiger partial charge is 0.251 e. The van der Waals surface area contributed by atoms with Crippen molar-refractivity contribution >= 4 is 27.5 Å². The zero-order valence-corrected chi connectivity index (χ0v) is 22.1. The molecule has 36 heavy (non-hydrogen) atoms. The molecule has 0 spiro atoms. The van der Waals surface area contributed by atoms with Gasteiger partial charge in [0.1, 0.15) is 16.5 Å². The summed E-state index contributed by atoms with van der Waals surface area (Å²) in [5.41, 5.74) is -0.700. The largest absolute Gasteiger partial charge is 0.481 e. The van der Waals surface area contributed by atoms with Gasteiger partial charge < -0.3 is 19.5 Å². The van der Waals surface area contributed by atoms with E-state index in [4.69, 9.17) is 21.1 Å². The number of fused-ring (bicyclic) bond motifs is 3. The molecule has 5 nitrogen and oxygen atoms in total. The number of ether oxygens (including phenoxy) is 2. The summed E-state index contributed by atoms with van der Waals surface area (Å²) in [7, 11) is 3.15. The Kier molecular flexibility index (Phi) is 6.74. The third kappa shape index (κ3) is 3.99. The Hall–Kier alpha value is -2.26. The quantitative estimate of drug-likeness (QED) is 0.349. The van der Waals surface area contributed by atoms with Crippen molar-refractivity contribution in [3.05, 3.63) is 87.0 Å². The first-order chi connectivity index (χ1) is 17.2. The second-order valence-electron chi connectivity index (χ2n) is 9.50. The van der Waals surface area contributed by atoms with Crippen LogP contribution in [0.4, 0.5) is 8.78 Å². The third-order valence-electron chi connectivity index (χ3n) is 7.31. The van der Waals surface area contributed by atoms with Crippen molar-refractivity contribution in [1.29, 1.82) is 0 Å². The highest BCUT2D eigenvalue weighted by Crippen LogP contribution is 2.69. The van der Waals surface area contributed by atoms with E-state index < -0.39 is 17.6 Å². The van der Waals surface area contributed by atoms with E-state index in [2.05, 4.69) is 20.9 Å². The molecule has 190 valence electrons. The molecule has 2 heterocycles. The van der Waals surface area contributed by atoms with Crippen LogP contribution in [0.1, 0.15) is 29.0 Å². The molecule has 4 atom stereocenters. The first kappa shape index (κ1) is 25.4. The Morgan fingerprint density at radius 2 is 1.92 bits per heavy atom. The van der Waals surface area contributed by atoms with Gasteiger partial charge in [0.05, 0.1) is 19.2 Å². The van der Waals surface area contributed by atoms with Crippen LogP contribution < -0.4 is 9.47 Å². The maximum atomic E-state index is 13.2. The van der Waals surface area contributed by atoms with Crippen LogP contribution in [0.15, 0.2) is 65.1 Å². The van der Waals surface area contributed by atoms with E-state index >= 15 is 0 Å². The summed E-state index contributed by atoms with van der Waals surface area (Å²) in [5.74, 6) is -0.0100. The average Bonchev–Trinajstić information content (AvgIpc) is 3.21. The number of rotatable bonds is 7. The second kappa shape index (κ2) is 9.56. The SMILES string of the molecule is COc1nc(Cl)cc2c1C1(O)C[C@H](CN(C)CC(F)F)C(c3ccccc3)C1(c1ccc(Br)cc1)O2. The lowest BCUT2D eigenvalue weighted by molar-refractivity contribution is -0.106. The van der Waals surface area contributed by atoms with E-state index in [-0.39, 0.29) is 35.8 Å². The van der Waals surface area contributed by atoms with Gasteiger partial charge >= 0.3 is 0 Å². The minimum absolute atomic E-state index is 0.185. The fourth-order valence-electron chi connectivity index (χ4n) is 6.15. The van der Waals surface area contributed by atoms with Gasteiger partial charge in [0.25, 0.3) is 6.43 Å². The number of aliphatic hydroxyl groups is 1. The third-order valence-corrected chi connectivity index (χ3v) is 8.03. The molecule has 1 N–H and O–H groups in total. The number of hydrogen-bond donors (Lipinski definition) is 1. The number of pyridine rings is 1. The Labute approximate surface area is 222 Å². The van der Waals surface area contributed by atoms with E-state index in [9.17, 15) is 13.9 Å². The normalized spacial score (nSPS) is 26.7. The van der Waals surface area contributed by atoms with Crippen molar-refractivity contribution < 1.29 is 23.4 Å². The second-order valence-corrected chi connectivity index (χ2v) is 10.8. The summed E-state index contributed by atoms with van der Waals surface area (Å²) in [6, 6.07) is 19.0. The molecule has 2 aromatic carbocycles. The number of hydrogen-bond acceptors (Lipinski definition) is 5. The van der Waals surface area contributed by atoms with Gasteiger partial charge in [-0.05, 0) is 42.6 Å². The molecular formula is C27H26BrClF2N2O3. The Morgan fingerprint density at radius 3 is 2.56 bits per heavy atom. The maximum absolute atomic E-state index is 13.2. The standard InChI is InChI=1S/C27H26BrClF2N2O3/c1-33(15-22(30)31)14-17-13-26(34)24-20(12-21(29)32-25(24)35-2)36-27(26,18-8-10-19(28)11-9-18)23(17)16-6-4-3-5-7-16/h3-12,17,22-23,34H,13-15H2,1-2H3/t17-,23?,26?,27?/m1/s1. The molecule has 0 bridgehead atoms. The Bertz CT molecular complexity index is 1250. The zero-order valence-electron chi connectivity index (χ0n) is 19.8. The minimum atomic E-state index is -2.46. The molecule has 2 aliphatic rings. The molecular weight excluding hydrogens is 554 g/mol. The van der Waals surface area contributed by atoms with Crippen molar-refractivity contribution in [1.82, 2.24) is 9.88 Å². The Morgan fingerprint density at radius 1 is 1.22 bits per heavy atom. The lowest BCUT2D eigenvalue weighted by atomic mass is 9.71. The van der Waals surface area contributed by atoms with Crippen LogP contribution in [-0.2, 0) is 11.2 Å². The van der Waals surface area contributed by atoms with Crippen molar-refractivity contribution in [2.24, 2.45) is 5.92 Å². The number of benzene rings is 2. The van der Waals surface area contributed by atoms with E-state index in [1.54, 1.807) is 18.0 Å². The number of aromatic nitrogens is 1. The number of alkyl halides is 2. The van der Waals surface area contributed by atoms with Crippen molar-refractivity contribution in [3.63, 3.8) is 0 Å². The fourth-order valence-corrected chi connectivity index (χ4v) is 6.59. The zero-order chi connectivity index (χ0) is 25.7. The average molecular weight is 580 g/mol. The maximum Gasteiger partial charge on any atom is 0.251 e. The number of methoxy groups -OCH3 is 1. The molecule has 0 amide bonds. The van der Waals surface area contributed by atoms with E-state index in [1.165, 1.54) is 7.11 Å². The van der Waals surface area contributed by atoms with Crippen LogP contribution in [0.3, 0.4) is 0 Å². The molecule has 1 aliphatic carbocycles. The van der Waals surface area contributed by atoms with Gasteiger partial charge in [-0.3, -0.25) is 0 Å². The monoisotopic (exact) mass is 578 g/mol. The van der Waals surface area contributed by atoms with Crippen molar-refractivity contribution in [3.8, 4) is 11.6 Å². The van der Waals surface area contributed by atoms with Gasteiger partial charge in [-0.15, -0.1) is 0 Å². The topological polar surface area (TPSA) is 54.8 Å². The summed E-state index contributed by atoms with van der Waals surface area (Å²) >= 11 is 9.78. The molecule has 5 rings (SSSR count). The highest BCUT2D eigenvalue weighted by atomic mass is 79.9. The van der Waals surface area contributed by atoms with Gasteiger partial charge in [-0.1, -0.05) is 70.0 Å². The highest BCUT2D eigenvalue weighted by molar-refractivity contribution is 9.10. The molecule has 1 fully saturated rings. The summed E-state index contributed by atoms with van der Waals surface area (Å²) in [6.07, 6.45) is -2.21. The van der Waals surface area contributed by atoms with Crippen LogP contribution in [-0.4, -0.2) is 48.7 Å². The lowest BCUT2D eigenvalue weighted by Gasteiger charge is -2.41. The van der Waals surface area contributed by atoms with Gasteiger partial charge in [-0.2, -0.15) is 0 Å². The number of nitrogens with zero attached hydrogens (tertiary/aromatic N) is 2. The predicted molar refractivity (Wildman–Crippen MR) is 137 cm³/mol. The molecule has 3 aromatic rings. The first-order valence-electron chi connectivity index (χ1n) is 11.6. The van der Waals surface area contributed by atoms with Gasteiger partial charge in [0.2, 0.25) is 5.88 Å². The molecule has 3 unspecified atom stereocenters. The van der Waals surface area contributed by atoms with Crippen LogP contribution in [0.25, 0.3) is 0 Å². The summed E-state index contributed by atoms with van der Waals surface area (Å²) in [4.78, 5) is 5.93. The van der Waals surface area contributed by atoms with Gasteiger partial charge in [-0.25, -0.2) is 13.8 Å². The first-order valence-corrected chi connectivity index (χ1v) is 12.8. The molecule has 9 heteroatoms. The highest BCUT2D eigenvalue weighted by Gasteiger charge is 2.72. The van der Waals surface area contributed by atoms with Gasteiger partial charge in [0.15, 0.2) is 5.60 Å². The number of halogens is 4. The van der Waals surface area contributed by atoms with Crippen molar-refractivity contribution in [2.45, 2.75) is 30.0 Å². The van der Waals surface area contributed by atoms with Crippen LogP contribution in [0.2, 0.25) is 5.15 Å². The van der Waals surface area contributed by atoms with Crippen LogP contribution >= 0.6 is 27.5 Å². The minimum Gasteiger partial charge on any atom is -0.481 e. The van der Waals surface area contributed by atoms with E-state index in [1.807, 2.05) is 54.6 Å². The molecule has 1 aliphatic heterocycles. The predicted octanol–water partition coefficient (Wildman–Crippen LogP) is 5.98. The lowest BCUT2D eigenvalue weighted by Crippen LogP contribution is -2.48. The van der Waals surface area contributed by atoms with Gasteiger partial charge in [0, 0.05) is 23.0 Å². The molecule has 0 saturated heterocycles. The van der Waals surface area contributed by atoms with Crippen molar-refractivity contribution in [2.75, 3.05) is 27.2 Å². The summed E-state index contributed by atoms with van der Waals surface area (Å²) in [5, 5.41) is 12.9. The van der Waals surface area contributed by atoms with E-state index in [0.29, 0.717) is 17.9 Å². The molecule has 0 radical (unpaired) electrons. The van der Waals surface area contributed by atoms with Crippen LogP contribution in [0.5, 0.6) is 11.6 Å². The summed E-state index contributed by atoms with van der Waals surface area (Å²) in [6.45, 7) is -0.0217. The van der Waals surface area contributed by atoms with Crippen LogP contribution in [0, 0.1) is 5.92 Å². The Balaban J connectivity index is 1.76. The summed E-state index contributed by atoms with van der Waals surface area (Å²) < 4.78 is 39.7. The molecule has 1 aromatic heterocycles. The van der Waals surface area contributed by atoms with E-state index in [0.717, 1.165) is 15.6 Å². The fraction of sp³-hybridized carbons (Fsp3) is 0.370.